The molecule has 0 spiro atoms. The first-order valence-corrected chi connectivity index (χ1v) is 5.84. The molecule has 4 heteroatoms. The van der Waals surface area contributed by atoms with Gasteiger partial charge in [0.25, 0.3) is 0 Å². The molecule has 0 atom stereocenters. The van der Waals surface area contributed by atoms with Crippen molar-refractivity contribution in [2.75, 3.05) is 7.11 Å². The summed E-state index contributed by atoms with van der Waals surface area (Å²) in [6.07, 6.45) is 4.59. The number of hydrogen-bond donors (Lipinski definition) is 0. The summed E-state index contributed by atoms with van der Waals surface area (Å²) in [5.74, 6) is 0.955. The second kappa shape index (κ2) is 5.49. The summed E-state index contributed by atoms with van der Waals surface area (Å²) in [5, 5.41) is 3.99. The summed E-state index contributed by atoms with van der Waals surface area (Å²) in [6.45, 7) is 0. The highest BCUT2D eigenvalue weighted by Crippen LogP contribution is 2.13. The molecule has 0 radical (unpaired) electrons. The van der Waals surface area contributed by atoms with Crippen LogP contribution in [0.2, 0.25) is 0 Å². The number of benzene rings is 1. The van der Waals surface area contributed by atoms with Gasteiger partial charge in [0.05, 0.1) is 18.9 Å². The molecule has 0 saturated heterocycles. The number of carbonyl (C=O) groups is 1. The van der Waals surface area contributed by atoms with Crippen LogP contribution in [-0.2, 0) is 13.5 Å². The van der Waals surface area contributed by atoms with E-state index >= 15 is 0 Å². The number of nitrogens with zero attached hydrogens (tertiary/aromatic N) is 2. The Balaban J connectivity index is 1.92. The van der Waals surface area contributed by atoms with Crippen LogP contribution in [0, 0.1) is 0 Å². The number of methoxy groups -OCH3 is 1. The predicted octanol–water partition coefficient (Wildman–Crippen LogP) is 2.24. The van der Waals surface area contributed by atoms with E-state index in [9.17, 15) is 4.79 Å². The van der Waals surface area contributed by atoms with E-state index in [4.69, 9.17) is 4.74 Å². The number of rotatable bonds is 5. The molecule has 0 N–H and O–H groups in total. The molecule has 1 heterocycles. The molecular weight excluding hydrogens is 228 g/mol. The summed E-state index contributed by atoms with van der Waals surface area (Å²) in [5.41, 5.74) is 1.80. The third-order valence-electron chi connectivity index (χ3n) is 2.83. The molecule has 0 aliphatic heterocycles. The lowest BCUT2D eigenvalue weighted by molar-refractivity contribution is 0.0983. The van der Waals surface area contributed by atoms with Crippen molar-refractivity contribution in [2.45, 2.75) is 12.8 Å². The summed E-state index contributed by atoms with van der Waals surface area (Å²) in [7, 11) is 3.45. The van der Waals surface area contributed by atoms with Crippen LogP contribution in [0.4, 0.5) is 0 Å². The van der Waals surface area contributed by atoms with Gasteiger partial charge in [0.1, 0.15) is 5.75 Å². The van der Waals surface area contributed by atoms with Crippen LogP contribution in [0.15, 0.2) is 36.7 Å². The molecule has 2 rings (SSSR count). The first kappa shape index (κ1) is 12.4. The van der Waals surface area contributed by atoms with Crippen LogP contribution >= 0.6 is 0 Å². The molecule has 1 aromatic heterocycles. The second-order valence-corrected chi connectivity index (χ2v) is 4.17. The average molecular weight is 244 g/mol. The fourth-order valence-electron chi connectivity index (χ4n) is 1.76. The summed E-state index contributed by atoms with van der Waals surface area (Å²) in [4.78, 5) is 11.9. The molecule has 0 saturated carbocycles. The van der Waals surface area contributed by atoms with Crippen molar-refractivity contribution in [3.05, 3.63) is 47.8 Å². The minimum absolute atomic E-state index is 0.124. The Labute approximate surface area is 106 Å². The lowest BCUT2D eigenvalue weighted by atomic mass is 10.1. The molecule has 0 unspecified atom stereocenters. The number of ketones is 1. The number of Topliss-reactive ketones (excluding diaryl/α,β-unsaturated/α-hetero) is 1. The van der Waals surface area contributed by atoms with Gasteiger partial charge in [-0.3, -0.25) is 9.48 Å². The topological polar surface area (TPSA) is 44.1 Å². The van der Waals surface area contributed by atoms with Gasteiger partial charge in [-0.2, -0.15) is 5.10 Å². The zero-order valence-electron chi connectivity index (χ0n) is 10.6. The van der Waals surface area contributed by atoms with Crippen molar-refractivity contribution < 1.29 is 9.53 Å². The number of carbonyl (C=O) groups excluding carboxylic acids is 1. The Morgan fingerprint density at radius 3 is 2.61 bits per heavy atom. The monoisotopic (exact) mass is 244 g/mol. The third kappa shape index (κ3) is 2.97. The number of ether oxygens (including phenoxy) is 1. The van der Waals surface area contributed by atoms with E-state index in [1.807, 2.05) is 24.3 Å². The van der Waals surface area contributed by atoms with Gasteiger partial charge in [0.15, 0.2) is 5.78 Å². The van der Waals surface area contributed by atoms with Gasteiger partial charge in [-0.15, -0.1) is 0 Å². The maximum Gasteiger partial charge on any atom is 0.166 e. The van der Waals surface area contributed by atoms with Crippen molar-refractivity contribution >= 4 is 5.78 Å². The maximum absolute atomic E-state index is 11.9. The van der Waals surface area contributed by atoms with E-state index < -0.39 is 0 Å². The van der Waals surface area contributed by atoms with Crippen molar-refractivity contribution in [3.8, 4) is 5.75 Å². The SMILES string of the molecule is COc1ccc(CCC(=O)c2cnn(C)c2)cc1. The molecular formula is C14H16N2O2. The van der Waals surface area contributed by atoms with Crippen LogP contribution in [0.3, 0.4) is 0 Å². The van der Waals surface area contributed by atoms with E-state index in [1.54, 1.807) is 31.2 Å². The van der Waals surface area contributed by atoms with Gasteiger partial charge in [0, 0.05) is 19.7 Å². The van der Waals surface area contributed by atoms with Crippen LogP contribution in [0.1, 0.15) is 22.3 Å². The van der Waals surface area contributed by atoms with E-state index in [-0.39, 0.29) is 5.78 Å². The zero-order valence-corrected chi connectivity index (χ0v) is 10.6. The van der Waals surface area contributed by atoms with Gasteiger partial charge in [-0.1, -0.05) is 12.1 Å². The molecule has 0 amide bonds. The Morgan fingerprint density at radius 1 is 1.33 bits per heavy atom. The van der Waals surface area contributed by atoms with Gasteiger partial charge < -0.3 is 4.74 Å². The zero-order chi connectivity index (χ0) is 13.0. The Morgan fingerprint density at radius 2 is 2.06 bits per heavy atom. The third-order valence-corrected chi connectivity index (χ3v) is 2.83. The van der Waals surface area contributed by atoms with Crippen molar-refractivity contribution in [3.63, 3.8) is 0 Å². The fourth-order valence-corrected chi connectivity index (χ4v) is 1.76. The summed E-state index contributed by atoms with van der Waals surface area (Å²) >= 11 is 0. The summed E-state index contributed by atoms with van der Waals surface area (Å²) in [6, 6.07) is 7.78. The highest BCUT2D eigenvalue weighted by Gasteiger charge is 2.08. The van der Waals surface area contributed by atoms with Crippen LogP contribution in [-0.4, -0.2) is 22.7 Å². The molecule has 0 aliphatic carbocycles. The smallest absolute Gasteiger partial charge is 0.166 e. The van der Waals surface area contributed by atoms with Crippen LogP contribution < -0.4 is 4.74 Å². The number of hydrogen-bond acceptors (Lipinski definition) is 3. The van der Waals surface area contributed by atoms with E-state index in [1.165, 1.54) is 0 Å². The van der Waals surface area contributed by atoms with Gasteiger partial charge in [0.2, 0.25) is 0 Å². The molecule has 0 aliphatic rings. The second-order valence-electron chi connectivity index (χ2n) is 4.17. The molecule has 1 aromatic carbocycles. The van der Waals surface area contributed by atoms with Crippen molar-refractivity contribution in [1.82, 2.24) is 9.78 Å². The predicted molar refractivity (Wildman–Crippen MR) is 68.9 cm³/mol. The van der Waals surface area contributed by atoms with E-state index in [0.29, 0.717) is 12.0 Å². The highest BCUT2D eigenvalue weighted by atomic mass is 16.5. The molecule has 0 fully saturated rings. The average Bonchev–Trinajstić information content (AvgIpc) is 2.83. The first-order chi connectivity index (χ1) is 8.69. The van der Waals surface area contributed by atoms with Crippen molar-refractivity contribution in [2.24, 2.45) is 7.05 Å². The maximum atomic E-state index is 11.9. The van der Waals surface area contributed by atoms with Crippen molar-refractivity contribution in [1.29, 1.82) is 0 Å². The molecule has 4 nitrogen and oxygen atoms in total. The fraction of sp³-hybridized carbons (Fsp3) is 0.286. The van der Waals surface area contributed by atoms with Gasteiger partial charge >= 0.3 is 0 Å². The lowest BCUT2D eigenvalue weighted by Crippen LogP contribution is -2.00. The standard InChI is InChI=1S/C14H16N2O2/c1-16-10-12(9-15-16)14(17)8-5-11-3-6-13(18-2)7-4-11/h3-4,6-7,9-10H,5,8H2,1-2H3. The molecule has 18 heavy (non-hydrogen) atoms. The highest BCUT2D eigenvalue weighted by molar-refractivity contribution is 5.95. The Kier molecular flexibility index (Phi) is 3.77. The van der Waals surface area contributed by atoms with Crippen LogP contribution in [0.25, 0.3) is 0 Å². The lowest BCUT2D eigenvalue weighted by Gasteiger charge is -2.02. The number of aryl methyl sites for hydroxylation is 2. The minimum Gasteiger partial charge on any atom is -0.497 e. The first-order valence-electron chi connectivity index (χ1n) is 5.84. The van der Waals surface area contributed by atoms with E-state index in [0.717, 1.165) is 17.7 Å². The Bertz CT molecular complexity index is 529. The minimum atomic E-state index is 0.124. The van der Waals surface area contributed by atoms with E-state index in [2.05, 4.69) is 5.10 Å². The Hall–Kier alpha value is -2.10. The van der Waals surface area contributed by atoms with Gasteiger partial charge in [-0.05, 0) is 24.1 Å². The molecule has 94 valence electrons. The van der Waals surface area contributed by atoms with Gasteiger partial charge in [-0.25, -0.2) is 0 Å². The van der Waals surface area contributed by atoms with Crippen LogP contribution in [0.5, 0.6) is 5.75 Å². The largest absolute Gasteiger partial charge is 0.497 e. The quantitative estimate of drug-likeness (QED) is 0.758. The normalized spacial score (nSPS) is 10.3. The number of aromatic nitrogens is 2. The summed E-state index contributed by atoms with van der Waals surface area (Å²) < 4.78 is 6.73. The molecule has 2 aromatic rings. The molecule has 0 bridgehead atoms.